The first-order chi connectivity index (χ1) is 14.2. The molecule has 1 saturated heterocycles. The molecule has 3 heterocycles. The van der Waals surface area contributed by atoms with Crippen LogP contribution in [-0.2, 0) is 9.53 Å². The molecule has 5 nitrogen and oxygen atoms in total. The highest BCUT2D eigenvalue weighted by molar-refractivity contribution is 7.16. The minimum absolute atomic E-state index is 0.242. The number of hydrogen-bond donors (Lipinski definition) is 1. The molecule has 1 fully saturated rings. The maximum atomic E-state index is 13.0. The van der Waals surface area contributed by atoms with Crippen molar-refractivity contribution in [2.75, 3.05) is 36.5 Å². The number of anilines is 2. The summed E-state index contributed by atoms with van der Waals surface area (Å²) in [5.41, 5.74) is 1.97. The number of ether oxygens (including phenoxy) is 1. The molecule has 0 bridgehead atoms. The topological polar surface area (TPSA) is 54.5 Å². The van der Waals surface area contributed by atoms with E-state index in [9.17, 15) is 9.18 Å². The van der Waals surface area contributed by atoms with Crippen molar-refractivity contribution in [2.24, 2.45) is 0 Å². The number of rotatable bonds is 5. The predicted octanol–water partition coefficient (Wildman–Crippen LogP) is 4.44. The Balaban J connectivity index is 1.34. The lowest BCUT2D eigenvalue weighted by Gasteiger charge is -2.28. The zero-order valence-electron chi connectivity index (χ0n) is 15.7. The van der Waals surface area contributed by atoms with Gasteiger partial charge in [-0.3, -0.25) is 4.79 Å². The summed E-state index contributed by atoms with van der Waals surface area (Å²) in [5.74, 6) is 0.0110. The minimum atomic E-state index is -0.256. The van der Waals surface area contributed by atoms with Gasteiger partial charge in [0, 0.05) is 28.9 Å². The lowest BCUT2D eigenvalue weighted by atomic mass is 10.2. The van der Waals surface area contributed by atoms with Crippen molar-refractivity contribution in [3.05, 3.63) is 71.5 Å². The number of pyridine rings is 1. The van der Waals surface area contributed by atoms with Gasteiger partial charge in [0.1, 0.15) is 11.6 Å². The van der Waals surface area contributed by atoms with Gasteiger partial charge >= 0.3 is 0 Å². The van der Waals surface area contributed by atoms with Crippen LogP contribution in [0.15, 0.2) is 60.8 Å². The van der Waals surface area contributed by atoms with Gasteiger partial charge < -0.3 is 15.0 Å². The van der Waals surface area contributed by atoms with Crippen molar-refractivity contribution >= 4 is 34.8 Å². The van der Waals surface area contributed by atoms with E-state index in [0.717, 1.165) is 47.3 Å². The van der Waals surface area contributed by atoms with E-state index in [1.807, 2.05) is 18.2 Å². The van der Waals surface area contributed by atoms with E-state index in [-0.39, 0.29) is 11.7 Å². The first-order valence-electron chi connectivity index (χ1n) is 9.31. The molecule has 148 valence electrons. The number of thiophene rings is 1. The Bertz CT molecular complexity index is 994. The molecule has 1 aromatic carbocycles. The number of benzene rings is 1. The summed E-state index contributed by atoms with van der Waals surface area (Å²) in [7, 11) is 0. The quantitative estimate of drug-likeness (QED) is 0.633. The molecule has 0 atom stereocenters. The Morgan fingerprint density at radius 1 is 1.10 bits per heavy atom. The van der Waals surface area contributed by atoms with Gasteiger partial charge in [0.2, 0.25) is 5.91 Å². The van der Waals surface area contributed by atoms with Crippen LogP contribution in [0, 0.1) is 5.82 Å². The number of amides is 1. The summed E-state index contributed by atoms with van der Waals surface area (Å²) in [6, 6.07) is 14.0. The van der Waals surface area contributed by atoms with Gasteiger partial charge in [-0.2, -0.15) is 0 Å². The fraction of sp³-hybridized carbons (Fsp3) is 0.182. The van der Waals surface area contributed by atoms with E-state index < -0.39 is 0 Å². The molecule has 1 amide bonds. The average Bonchev–Trinajstić information content (AvgIpc) is 3.23. The van der Waals surface area contributed by atoms with Crippen LogP contribution in [0.2, 0.25) is 0 Å². The first kappa shape index (κ1) is 19.3. The molecule has 4 rings (SSSR count). The third-order valence-electron chi connectivity index (χ3n) is 4.53. The fourth-order valence-electron chi connectivity index (χ4n) is 3.01. The minimum Gasteiger partial charge on any atom is -0.378 e. The normalized spacial score (nSPS) is 14.3. The summed E-state index contributed by atoms with van der Waals surface area (Å²) < 4.78 is 18.4. The zero-order valence-corrected chi connectivity index (χ0v) is 16.5. The van der Waals surface area contributed by atoms with E-state index in [1.54, 1.807) is 30.5 Å². The number of nitrogens with one attached hydrogen (secondary N) is 1. The maximum absolute atomic E-state index is 13.0. The lowest BCUT2D eigenvalue weighted by Crippen LogP contribution is -2.36. The Labute approximate surface area is 172 Å². The summed E-state index contributed by atoms with van der Waals surface area (Å²) >= 11 is 1.54. The lowest BCUT2D eigenvalue weighted by molar-refractivity contribution is -0.111. The van der Waals surface area contributed by atoms with Crippen molar-refractivity contribution in [1.29, 1.82) is 0 Å². The van der Waals surface area contributed by atoms with E-state index in [1.165, 1.54) is 29.5 Å². The van der Waals surface area contributed by atoms with Crippen LogP contribution in [0.1, 0.15) is 4.88 Å². The third-order valence-corrected chi connectivity index (χ3v) is 5.63. The average molecular weight is 409 g/mol. The molecule has 7 heteroatoms. The van der Waals surface area contributed by atoms with Crippen LogP contribution in [0.25, 0.3) is 16.5 Å². The maximum Gasteiger partial charge on any atom is 0.249 e. The number of carbonyl (C=O) groups is 1. The third kappa shape index (κ3) is 5.07. The Morgan fingerprint density at radius 3 is 2.62 bits per heavy atom. The molecule has 1 N–H and O–H groups in total. The highest BCUT2D eigenvalue weighted by Crippen LogP contribution is 2.29. The van der Waals surface area contributed by atoms with Crippen LogP contribution in [-0.4, -0.2) is 37.2 Å². The van der Waals surface area contributed by atoms with Crippen LogP contribution < -0.4 is 10.2 Å². The van der Waals surface area contributed by atoms with Crippen molar-refractivity contribution < 1.29 is 13.9 Å². The first-order valence-corrected chi connectivity index (χ1v) is 10.1. The van der Waals surface area contributed by atoms with Gasteiger partial charge in [0.15, 0.2) is 0 Å². The summed E-state index contributed by atoms with van der Waals surface area (Å²) in [5, 5.41) is 2.77. The van der Waals surface area contributed by atoms with Gasteiger partial charge in [0.05, 0.1) is 25.1 Å². The molecule has 1 aliphatic heterocycles. The number of nitrogens with zero attached hydrogens (tertiary/aromatic N) is 2. The van der Waals surface area contributed by atoms with Gasteiger partial charge in [-0.15, -0.1) is 11.3 Å². The predicted molar refractivity (Wildman–Crippen MR) is 115 cm³/mol. The standard InChI is InChI=1S/C22H20FN3O2S/c23-17-3-1-16(2-4-17)20-8-6-19(29-20)7-10-22(27)25-21-9-5-18(15-24-21)26-11-13-28-14-12-26/h1-10,15H,11-14H2,(H,24,25,27). The molecule has 0 spiro atoms. The van der Waals surface area contributed by atoms with Crippen LogP contribution in [0.5, 0.6) is 0 Å². The van der Waals surface area contributed by atoms with Gasteiger partial charge in [-0.05, 0) is 48.0 Å². The van der Waals surface area contributed by atoms with Crippen LogP contribution in [0.4, 0.5) is 15.9 Å². The van der Waals surface area contributed by atoms with E-state index >= 15 is 0 Å². The second kappa shape index (κ2) is 8.98. The van der Waals surface area contributed by atoms with Gasteiger partial charge in [0.25, 0.3) is 0 Å². The number of hydrogen-bond acceptors (Lipinski definition) is 5. The van der Waals surface area contributed by atoms with Crippen LogP contribution >= 0.6 is 11.3 Å². The van der Waals surface area contributed by atoms with E-state index in [4.69, 9.17) is 4.74 Å². The van der Waals surface area contributed by atoms with Crippen molar-refractivity contribution in [2.45, 2.75) is 0 Å². The largest absolute Gasteiger partial charge is 0.378 e. The van der Waals surface area contributed by atoms with Crippen LogP contribution in [0.3, 0.4) is 0 Å². The molecule has 0 unspecified atom stereocenters. The fourth-order valence-corrected chi connectivity index (χ4v) is 3.92. The van der Waals surface area contributed by atoms with Crippen molar-refractivity contribution in [1.82, 2.24) is 4.98 Å². The number of carbonyl (C=O) groups excluding carboxylic acids is 1. The van der Waals surface area contributed by atoms with Gasteiger partial charge in [-0.25, -0.2) is 9.37 Å². The molecule has 1 aliphatic rings. The molecule has 0 radical (unpaired) electrons. The number of morpholine rings is 1. The summed E-state index contributed by atoms with van der Waals surface area (Å²) in [6.45, 7) is 3.12. The highest BCUT2D eigenvalue weighted by Gasteiger charge is 2.11. The number of halogens is 1. The Morgan fingerprint density at radius 2 is 1.90 bits per heavy atom. The monoisotopic (exact) mass is 409 g/mol. The van der Waals surface area contributed by atoms with Gasteiger partial charge in [-0.1, -0.05) is 12.1 Å². The van der Waals surface area contributed by atoms with Crippen molar-refractivity contribution in [3.63, 3.8) is 0 Å². The highest BCUT2D eigenvalue weighted by atomic mass is 32.1. The molecule has 29 heavy (non-hydrogen) atoms. The van der Waals surface area contributed by atoms with Crippen molar-refractivity contribution in [3.8, 4) is 10.4 Å². The Hall–Kier alpha value is -3.03. The molecule has 2 aromatic heterocycles. The molecular weight excluding hydrogens is 389 g/mol. The summed E-state index contributed by atoms with van der Waals surface area (Å²) in [4.78, 5) is 20.7. The molecule has 3 aromatic rings. The molecule has 0 aliphatic carbocycles. The second-order valence-corrected chi connectivity index (χ2v) is 7.65. The smallest absolute Gasteiger partial charge is 0.249 e. The SMILES string of the molecule is O=C(C=Cc1ccc(-c2ccc(F)cc2)s1)Nc1ccc(N2CCOCC2)cn1. The molecular formula is C22H20FN3O2S. The van der Waals surface area contributed by atoms with E-state index in [2.05, 4.69) is 15.2 Å². The van der Waals surface area contributed by atoms with E-state index in [0.29, 0.717) is 5.82 Å². The zero-order chi connectivity index (χ0) is 20.1. The Kier molecular flexibility index (Phi) is 5.97. The summed E-state index contributed by atoms with van der Waals surface area (Å²) in [6.07, 6.45) is 5.01. The second-order valence-electron chi connectivity index (χ2n) is 6.53. The molecule has 0 saturated carbocycles. The number of aromatic nitrogens is 1.